The van der Waals surface area contributed by atoms with Gasteiger partial charge in [-0.2, -0.15) is 0 Å². The molecule has 0 saturated carbocycles. The van der Waals surface area contributed by atoms with Crippen molar-refractivity contribution in [3.05, 3.63) is 58.6 Å². The highest BCUT2D eigenvalue weighted by Crippen LogP contribution is 2.25. The second kappa shape index (κ2) is 7.57. The number of halogens is 1. The van der Waals surface area contributed by atoms with Gasteiger partial charge in [-0.05, 0) is 55.7 Å². The van der Waals surface area contributed by atoms with Gasteiger partial charge in [0, 0.05) is 29.4 Å². The molecule has 25 heavy (non-hydrogen) atoms. The van der Waals surface area contributed by atoms with Crippen molar-refractivity contribution < 1.29 is 9.59 Å². The lowest BCUT2D eigenvalue weighted by molar-refractivity contribution is 0.0725. The van der Waals surface area contributed by atoms with Crippen LogP contribution in [0.15, 0.2) is 42.5 Å². The Kier molecular flexibility index (Phi) is 5.24. The molecule has 3 rings (SSSR count). The van der Waals surface area contributed by atoms with Gasteiger partial charge in [-0.3, -0.25) is 9.59 Å². The average Bonchev–Trinajstić information content (AvgIpc) is 2.62. The van der Waals surface area contributed by atoms with E-state index < -0.39 is 0 Å². The molecular formula is C19H20ClN3O2. The van der Waals surface area contributed by atoms with Gasteiger partial charge in [-0.15, -0.1) is 0 Å². The van der Waals surface area contributed by atoms with Gasteiger partial charge in [0.2, 0.25) is 0 Å². The quantitative estimate of drug-likeness (QED) is 0.820. The molecule has 2 aromatic carbocycles. The molecule has 0 unspecified atom stereocenters. The van der Waals surface area contributed by atoms with Gasteiger partial charge in [0.1, 0.15) is 0 Å². The third-order valence-electron chi connectivity index (χ3n) is 4.25. The number of piperidine rings is 1. The van der Waals surface area contributed by atoms with Crippen LogP contribution in [-0.4, -0.2) is 29.8 Å². The van der Waals surface area contributed by atoms with E-state index in [0.717, 1.165) is 32.4 Å². The van der Waals surface area contributed by atoms with E-state index >= 15 is 0 Å². The van der Waals surface area contributed by atoms with E-state index in [9.17, 15) is 9.59 Å². The molecule has 0 radical (unpaired) electrons. The maximum absolute atomic E-state index is 12.8. The van der Waals surface area contributed by atoms with Crippen LogP contribution in [0.25, 0.3) is 0 Å². The van der Waals surface area contributed by atoms with Gasteiger partial charge in [0.15, 0.2) is 0 Å². The monoisotopic (exact) mass is 357 g/mol. The Hall–Kier alpha value is -2.53. The second-order valence-electron chi connectivity index (χ2n) is 6.12. The minimum Gasteiger partial charge on any atom is -0.399 e. The zero-order valence-electron chi connectivity index (χ0n) is 13.8. The number of carbonyl (C=O) groups is 2. The molecule has 1 fully saturated rings. The van der Waals surface area contributed by atoms with Crippen LogP contribution in [-0.2, 0) is 0 Å². The Morgan fingerprint density at radius 2 is 1.80 bits per heavy atom. The summed E-state index contributed by atoms with van der Waals surface area (Å²) in [5.41, 5.74) is 7.52. The molecule has 1 saturated heterocycles. The number of nitrogens with zero attached hydrogens (tertiary/aromatic N) is 1. The topological polar surface area (TPSA) is 75.4 Å². The van der Waals surface area contributed by atoms with Gasteiger partial charge >= 0.3 is 0 Å². The fourth-order valence-electron chi connectivity index (χ4n) is 2.95. The molecule has 1 aliphatic rings. The number of nitrogen functional groups attached to an aromatic ring is 1. The van der Waals surface area contributed by atoms with Crippen LogP contribution in [0.2, 0.25) is 5.02 Å². The molecule has 5 nitrogen and oxygen atoms in total. The SMILES string of the molecule is Nc1cccc(C(=O)Nc2cc(Cl)ccc2C(=O)N2CCCCC2)c1. The first-order chi connectivity index (χ1) is 12.0. The van der Waals surface area contributed by atoms with Gasteiger partial charge in [0.05, 0.1) is 11.3 Å². The summed E-state index contributed by atoms with van der Waals surface area (Å²) < 4.78 is 0. The summed E-state index contributed by atoms with van der Waals surface area (Å²) in [7, 11) is 0. The van der Waals surface area contributed by atoms with Crippen molar-refractivity contribution in [1.82, 2.24) is 4.90 Å². The molecule has 0 aliphatic carbocycles. The zero-order chi connectivity index (χ0) is 17.8. The molecule has 2 aromatic rings. The van der Waals surface area contributed by atoms with Crippen molar-refractivity contribution in [3.63, 3.8) is 0 Å². The van der Waals surface area contributed by atoms with Crippen molar-refractivity contribution in [2.24, 2.45) is 0 Å². The minimum absolute atomic E-state index is 0.0840. The second-order valence-corrected chi connectivity index (χ2v) is 6.56. The number of nitrogens with two attached hydrogens (primary N) is 1. The molecule has 2 amide bonds. The molecule has 3 N–H and O–H groups in total. The molecule has 0 spiro atoms. The summed E-state index contributed by atoms with van der Waals surface area (Å²) in [6, 6.07) is 11.6. The van der Waals surface area contributed by atoms with Crippen LogP contribution >= 0.6 is 11.6 Å². The van der Waals surface area contributed by atoms with Crippen molar-refractivity contribution in [2.45, 2.75) is 19.3 Å². The van der Waals surface area contributed by atoms with E-state index in [2.05, 4.69) is 5.32 Å². The van der Waals surface area contributed by atoms with Crippen LogP contribution in [0, 0.1) is 0 Å². The Morgan fingerprint density at radius 1 is 1.04 bits per heavy atom. The number of hydrogen-bond donors (Lipinski definition) is 2. The van der Waals surface area contributed by atoms with Gasteiger partial charge < -0.3 is 16.0 Å². The van der Waals surface area contributed by atoms with Crippen LogP contribution in [0.1, 0.15) is 40.0 Å². The van der Waals surface area contributed by atoms with E-state index in [1.54, 1.807) is 42.5 Å². The van der Waals surface area contributed by atoms with E-state index in [1.165, 1.54) is 0 Å². The first kappa shape index (κ1) is 17.3. The highest BCUT2D eigenvalue weighted by Gasteiger charge is 2.22. The number of hydrogen-bond acceptors (Lipinski definition) is 3. The van der Waals surface area contributed by atoms with Crippen molar-refractivity contribution in [3.8, 4) is 0 Å². The Labute approximate surface area is 151 Å². The van der Waals surface area contributed by atoms with Crippen molar-refractivity contribution >= 4 is 34.8 Å². The highest BCUT2D eigenvalue weighted by atomic mass is 35.5. The fourth-order valence-corrected chi connectivity index (χ4v) is 3.12. The van der Waals surface area contributed by atoms with Crippen molar-refractivity contribution in [2.75, 3.05) is 24.1 Å². The highest BCUT2D eigenvalue weighted by molar-refractivity contribution is 6.31. The lowest BCUT2D eigenvalue weighted by Crippen LogP contribution is -2.36. The van der Waals surface area contributed by atoms with E-state index in [-0.39, 0.29) is 11.8 Å². The van der Waals surface area contributed by atoms with Crippen LogP contribution in [0.3, 0.4) is 0 Å². The first-order valence-electron chi connectivity index (χ1n) is 8.30. The van der Waals surface area contributed by atoms with Gasteiger partial charge in [0.25, 0.3) is 11.8 Å². The molecule has 6 heteroatoms. The van der Waals surface area contributed by atoms with E-state index in [1.807, 2.05) is 4.90 Å². The number of benzene rings is 2. The third kappa shape index (κ3) is 4.12. The third-order valence-corrected chi connectivity index (χ3v) is 4.49. The summed E-state index contributed by atoms with van der Waals surface area (Å²) in [5, 5.41) is 3.24. The molecule has 0 bridgehead atoms. The number of amides is 2. The fraction of sp³-hybridized carbons (Fsp3) is 0.263. The predicted molar refractivity (Wildman–Crippen MR) is 100 cm³/mol. The predicted octanol–water partition coefficient (Wildman–Crippen LogP) is 3.80. The minimum atomic E-state index is -0.331. The summed E-state index contributed by atoms with van der Waals surface area (Å²) >= 11 is 6.07. The maximum Gasteiger partial charge on any atom is 0.255 e. The largest absolute Gasteiger partial charge is 0.399 e. The first-order valence-corrected chi connectivity index (χ1v) is 8.68. The number of carbonyl (C=O) groups excluding carboxylic acids is 2. The smallest absolute Gasteiger partial charge is 0.255 e. The lowest BCUT2D eigenvalue weighted by Gasteiger charge is -2.27. The van der Waals surface area contributed by atoms with E-state index in [4.69, 9.17) is 17.3 Å². The molecule has 0 aromatic heterocycles. The summed E-state index contributed by atoms with van der Waals surface area (Å²) in [5.74, 6) is -0.415. The molecule has 1 heterocycles. The molecular weight excluding hydrogens is 338 g/mol. The summed E-state index contributed by atoms with van der Waals surface area (Å²) in [4.78, 5) is 27.1. The van der Waals surface area contributed by atoms with Crippen LogP contribution in [0.5, 0.6) is 0 Å². The molecule has 130 valence electrons. The van der Waals surface area contributed by atoms with Crippen LogP contribution in [0.4, 0.5) is 11.4 Å². The number of anilines is 2. The van der Waals surface area contributed by atoms with Crippen LogP contribution < -0.4 is 11.1 Å². The standard InChI is InChI=1S/C19H20ClN3O2/c20-14-7-8-16(19(25)23-9-2-1-3-10-23)17(12-14)22-18(24)13-5-4-6-15(21)11-13/h4-8,11-12H,1-3,9-10,21H2,(H,22,24). The number of rotatable bonds is 3. The normalized spacial score (nSPS) is 14.2. The zero-order valence-corrected chi connectivity index (χ0v) is 14.6. The number of nitrogens with one attached hydrogen (secondary N) is 1. The maximum atomic E-state index is 12.8. The Morgan fingerprint density at radius 3 is 2.52 bits per heavy atom. The Bertz CT molecular complexity index is 801. The van der Waals surface area contributed by atoms with E-state index in [0.29, 0.717) is 27.5 Å². The lowest BCUT2D eigenvalue weighted by atomic mass is 10.1. The molecule has 0 atom stereocenters. The number of likely N-dealkylation sites (tertiary alicyclic amines) is 1. The average molecular weight is 358 g/mol. The van der Waals surface area contributed by atoms with Gasteiger partial charge in [-0.25, -0.2) is 0 Å². The Balaban J connectivity index is 1.86. The van der Waals surface area contributed by atoms with Crippen molar-refractivity contribution in [1.29, 1.82) is 0 Å². The summed E-state index contributed by atoms with van der Waals surface area (Å²) in [6.07, 6.45) is 3.15. The molecule has 1 aliphatic heterocycles. The van der Waals surface area contributed by atoms with Gasteiger partial charge in [-0.1, -0.05) is 17.7 Å². The summed E-state index contributed by atoms with van der Waals surface area (Å²) in [6.45, 7) is 1.48.